The minimum Gasteiger partial charge on any atom is -0.497 e. The van der Waals surface area contributed by atoms with E-state index in [-0.39, 0.29) is 19.1 Å². The van der Waals surface area contributed by atoms with Crippen molar-refractivity contribution in [3.63, 3.8) is 0 Å². The van der Waals surface area contributed by atoms with Crippen molar-refractivity contribution < 1.29 is 46.4 Å². The lowest BCUT2D eigenvalue weighted by Gasteiger charge is -2.27. The number of alkyl halides is 3. The molecule has 3 aromatic rings. The number of nitrogens with one attached hydrogen (secondary N) is 1. The van der Waals surface area contributed by atoms with Gasteiger partial charge in [-0.25, -0.2) is 0 Å². The Morgan fingerprint density at radius 2 is 1.69 bits per heavy atom. The van der Waals surface area contributed by atoms with E-state index in [9.17, 15) is 22.8 Å². The fraction of sp³-hybridized carbons (Fsp3) is 0.375. The molecule has 3 aromatic carbocycles. The molecule has 242 valence electrons. The lowest BCUT2D eigenvalue weighted by atomic mass is 9.90. The number of nitrogens with zero attached hydrogens (tertiary/aromatic N) is 1. The van der Waals surface area contributed by atoms with Crippen LogP contribution in [0.3, 0.4) is 0 Å². The van der Waals surface area contributed by atoms with Crippen molar-refractivity contribution in [2.75, 3.05) is 44.7 Å². The third-order valence-electron chi connectivity index (χ3n) is 7.37. The zero-order valence-electron chi connectivity index (χ0n) is 25.4. The number of carbonyl (C=O) groups excluding carboxylic acids is 2. The first-order chi connectivity index (χ1) is 21.2. The van der Waals surface area contributed by atoms with Crippen LogP contribution in [0.2, 0.25) is 5.02 Å². The fourth-order valence-electron chi connectivity index (χ4n) is 4.96. The second-order valence-corrected chi connectivity index (χ2v) is 11.3. The highest BCUT2D eigenvalue weighted by Crippen LogP contribution is 2.39. The molecule has 1 N–H and O–H groups in total. The molecule has 13 heteroatoms. The van der Waals surface area contributed by atoms with Gasteiger partial charge in [-0.3, -0.25) is 9.59 Å². The number of fused-ring (bicyclic) bond motifs is 1. The predicted octanol–water partition coefficient (Wildman–Crippen LogP) is 6.97. The molecule has 0 bridgehead atoms. The number of ether oxygens (including phenoxy) is 5. The van der Waals surface area contributed by atoms with E-state index < -0.39 is 29.5 Å². The predicted molar refractivity (Wildman–Crippen MR) is 162 cm³/mol. The molecule has 1 aliphatic rings. The molecule has 0 radical (unpaired) electrons. The van der Waals surface area contributed by atoms with Gasteiger partial charge < -0.3 is 33.9 Å². The summed E-state index contributed by atoms with van der Waals surface area (Å²) >= 11 is 6.21. The molecule has 9 nitrogen and oxygen atoms in total. The van der Waals surface area contributed by atoms with Gasteiger partial charge in [-0.05, 0) is 50.5 Å². The van der Waals surface area contributed by atoms with Crippen molar-refractivity contribution in [3.05, 3.63) is 70.7 Å². The zero-order valence-corrected chi connectivity index (χ0v) is 26.2. The summed E-state index contributed by atoms with van der Waals surface area (Å²) in [6.45, 7) is 3.94. The average molecular weight is 651 g/mol. The van der Waals surface area contributed by atoms with E-state index in [1.807, 2.05) is 0 Å². The molecule has 1 amide bonds. The van der Waals surface area contributed by atoms with Gasteiger partial charge >= 0.3 is 12.3 Å². The standard InChI is InChI=1S/C32H34ClF3N2O7/c1-31(2,30(40)43-5)11-13-44-24-16-21(15-23(17-24)41-3)37-28(25-9-7-20(33)14-27(25)42-4)29(39)38-12-10-19-6-8-22(18-26(19)38)45-32(34,35)36/h6-9,14-18,28,37H,10-13H2,1-5H3. The van der Waals surface area contributed by atoms with Crippen molar-refractivity contribution in [2.45, 2.75) is 39.1 Å². The van der Waals surface area contributed by atoms with Gasteiger partial charge in [-0.15, -0.1) is 13.2 Å². The second-order valence-electron chi connectivity index (χ2n) is 10.9. The number of benzene rings is 3. The van der Waals surface area contributed by atoms with E-state index in [1.54, 1.807) is 50.2 Å². The number of carbonyl (C=O) groups is 2. The molecule has 0 aromatic heterocycles. The first-order valence-electron chi connectivity index (χ1n) is 13.9. The Morgan fingerprint density at radius 1 is 0.956 bits per heavy atom. The minimum atomic E-state index is -4.89. The maximum atomic E-state index is 14.3. The Bertz CT molecular complexity index is 1550. The summed E-state index contributed by atoms with van der Waals surface area (Å²) in [4.78, 5) is 27.8. The summed E-state index contributed by atoms with van der Waals surface area (Å²) in [6.07, 6.45) is -4.07. The van der Waals surface area contributed by atoms with Crippen molar-refractivity contribution in [1.29, 1.82) is 0 Å². The van der Waals surface area contributed by atoms with Gasteiger partial charge in [0.25, 0.3) is 5.91 Å². The SMILES string of the molecule is COC(=O)C(C)(C)CCOc1cc(NC(C(=O)N2CCc3ccc(OC(F)(F)F)cc32)c2ccc(Cl)cc2OC)cc(OC)c1. The maximum absolute atomic E-state index is 14.3. The van der Waals surface area contributed by atoms with Crippen LogP contribution in [0.5, 0.6) is 23.0 Å². The van der Waals surface area contributed by atoms with Crippen molar-refractivity contribution in [2.24, 2.45) is 5.41 Å². The number of hydrogen-bond donors (Lipinski definition) is 1. The van der Waals surface area contributed by atoms with Crippen molar-refractivity contribution in [1.82, 2.24) is 0 Å². The molecule has 0 fully saturated rings. The maximum Gasteiger partial charge on any atom is 0.573 e. The molecule has 0 spiro atoms. The summed E-state index contributed by atoms with van der Waals surface area (Å²) < 4.78 is 64.8. The minimum absolute atomic E-state index is 0.189. The highest BCUT2D eigenvalue weighted by molar-refractivity contribution is 6.30. The number of rotatable bonds is 12. The normalized spacial score (nSPS) is 13.5. The first-order valence-corrected chi connectivity index (χ1v) is 14.3. The Hall–Kier alpha value is -4.32. The molecule has 4 rings (SSSR count). The molecule has 0 aliphatic carbocycles. The Balaban J connectivity index is 1.68. The number of esters is 1. The molecule has 45 heavy (non-hydrogen) atoms. The molecule has 1 aliphatic heterocycles. The molecule has 0 saturated heterocycles. The number of methoxy groups -OCH3 is 3. The van der Waals surface area contributed by atoms with Crippen LogP contribution in [-0.4, -0.2) is 52.7 Å². The molecule has 1 unspecified atom stereocenters. The number of halogens is 4. The lowest BCUT2D eigenvalue weighted by Crippen LogP contribution is -2.37. The van der Waals surface area contributed by atoms with Crippen LogP contribution < -0.4 is 29.2 Å². The fourth-order valence-corrected chi connectivity index (χ4v) is 5.12. The van der Waals surface area contributed by atoms with Gasteiger partial charge in [0.2, 0.25) is 0 Å². The van der Waals surface area contributed by atoms with Gasteiger partial charge in [-0.1, -0.05) is 23.7 Å². The highest BCUT2D eigenvalue weighted by atomic mass is 35.5. The molecule has 1 heterocycles. The van der Waals surface area contributed by atoms with Gasteiger partial charge in [-0.2, -0.15) is 0 Å². The van der Waals surface area contributed by atoms with Crippen molar-refractivity contribution >= 4 is 34.9 Å². The topological polar surface area (TPSA) is 95.6 Å². The van der Waals surface area contributed by atoms with Crippen LogP contribution >= 0.6 is 11.6 Å². The monoisotopic (exact) mass is 650 g/mol. The van der Waals surface area contributed by atoms with Gasteiger partial charge in [0.15, 0.2) is 0 Å². The Kier molecular flexibility index (Phi) is 10.3. The van der Waals surface area contributed by atoms with E-state index in [0.717, 1.165) is 0 Å². The number of hydrogen-bond acceptors (Lipinski definition) is 8. The molecule has 1 atom stereocenters. The molecular formula is C32H34ClF3N2O7. The van der Waals surface area contributed by atoms with Gasteiger partial charge in [0.1, 0.15) is 29.0 Å². The summed E-state index contributed by atoms with van der Waals surface area (Å²) in [5.41, 5.74) is 1.12. The van der Waals surface area contributed by atoms with Crippen LogP contribution in [0.15, 0.2) is 54.6 Å². The van der Waals surface area contributed by atoms with Crippen molar-refractivity contribution in [3.8, 4) is 23.0 Å². The first kappa shape index (κ1) is 33.6. The summed E-state index contributed by atoms with van der Waals surface area (Å²) in [5, 5.41) is 3.62. The van der Waals surface area contributed by atoms with E-state index in [1.165, 1.54) is 44.4 Å². The third kappa shape index (κ3) is 8.24. The second kappa shape index (κ2) is 13.8. The van der Waals surface area contributed by atoms with Crippen LogP contribution in [0.25, 0.3) is 0 Å². The van der Waals surface area contributed by atoms with Gasteiger partial charge in [0, 0.05) is 47.1 Å². The lowest BCUT2D eigenvalue weighted by molar-refractivity contribution is -0.274. The van der Waals surface area contributed by atoms with Gasteiger partial charge in [0.05, 0.1) is 39.0 Å². The zero-order chi connectivity index (χ0) is 32.9. The molecule has 0 saturated carbocycles. The van der Waals surface area contributed by atoms with E-state index in [2.05, 4.69) is 10.1 Å². The summed E-state index contributed by atoms with van der Waals surface area (Å²) in [7, 11) is 4.25. The average Bonchev–Trinajstić information content (AvgIpc) is 3.41. The third-order valence-corrected chi connectivity index (χ3v) is 7.60. The van der Waals surface area contributed by atoms with E-state index in [4.69, 9.17) is 30.5 Å². The summed E-state index contributed by atoms with van der Waals surface area (Å²) in [5.74, 6) is -0.0865. The van der Waals surface area contributed by atoms with Crippen LogP contribution in [0.1, 0.15) is 37.4 Å². The smallest absolute Gasteiger partial charge is 0.497 e. The Labute approximate surface area is 264 Å². The van der Waals surface area contributed by atoms with E-state index in [0.29, 0.717) is 57.6 Å². The summed E-state index contributed by atoms with van der Waals surface area (Å²) in [6, 6.07) is 12.7. The van der Waals surface area contributed by atoms with Crippen LogP contribution in [0.4, 0.5) is 24.5 Å². The Morgan fingerprint density at radius 3 is 2.36 bits per heavy atom. The van der Waals surface area contributed by atoms with E-state index >= 15 is 0 Å². The van der Waals surface area contributed by atoms with Crippen LogP contribution in [0, 0.1) is 5.41 Å². The number of anilines is 2. The van der Waals surface area contributed by atoms with Crippen LogP contribution in [-0.2, 0) is 20.7 Å². The molecular weight excluding hydrogens is 617 g/mol. The highest BCUT2D eigenvalue weighted by Gasteiger charge is 2.36. The quantitative estimate of drug-likeness (QED) is 0.210. The number of amides is 1. The largest absolute Gasteiger partial charge is 0.573 e.